The Hall–Kier alpha value is -1.92. The molecule has 2 aromatic rings. The van der Waals surface area contributed by atoms with E-state index in [4.69, 9.17) is 4.74 Å². The summed E-state index contributed by atoms with van der Waals surface area (Å²) in [7, 11) is 0. The number of benzene rings is 2. The summed E-state index contributed by atoms with van der Waals surface area (Å²) in [6.07, 6.45) is 0.993. The van der Waals surface area contributed by atoms with Crippen molar-refractivity contribution in [1.29, 1.82) is 0 Å². The first-order valence-corrected chi connectivity index (χ1v) is 9.72. The molecule has 26 heavy (non-hydrogen) atoms. The van der Waals surface area contributed by atoms with E-state index in [1.54, 1.807) is 6.07 Å². The zero-order chi connectivity index (χ0) is 18.1. The van der Waals surface area contributed by atoms with Crippen molar-refractivity contribution < 1.29 is 18.8 Å². The quantitative estimate of drug-likeness (QED) is 0.825. The van der Waals surface area contributed by atoms with Gasteiger partial charge >= 0.3 is 0 Å². The van der Waals surface area contributed by atoms with Crippen LogP contribution in [0.3, 0.4) is 0 Å². The largest absolute Gasteiger partial charge is 0.493 e. The maximum absolute atomic E-state index is 13.2. The van der Waals surface area contributed by atoms with E-state index in [0.29, 0.717) is 23.1 Å². The first-order chi connectivity index (χ1) is 12.6. The molecule has 1 N–H and O–H groups in total. The van der Waals surface area contributed by atoms with Gasteiger partial charge in [0, 0.05) is 16.5 Å². The highest BCUT2D eigenvalue weighted by Crippen LogP contribution is 2.25. The summed E-state index contributed by atoms with van der Waals surface area (Å²) in [5, 5.41) is 0. The number of fused-ring (bicyclic) bond motifs is 1. The number of quaternary nitrogens is 1. The SMILES string of the molecule is O=C(c1ccc(F)cc1Br)N1CC[NH+](Cc2ccc3c(c2)CCO3)CC1. The Bertz CT molecular complexity index is 835. The molecule has 136 valence electrons. The van der Waals surface area contributed by atoms with Gasteiger partial charge in [0.15, 0.2) is 0 Å². The van der Waals surface area contributed by atoms with Gasteiger partial charge in [0.05, 0.1) is 38.3 Å². The van der Waals surface area contributed by atoms with Crippen LogP contribution in [-0.4, -0.2) is 43.6 Å². The molecule has 0 bridgehead atoms. The predicted octanol–water partition coefficient (Wildman–Crippen LogP) is 2.06. The normalized spacial score (nSPS) is 17.1. The Kier molecular flexibility index (Phi) is 4.96. The Balaban J connectivity index is 1.36. The van der Waals surface area contributed by atoms with E-state index in [1.165, 1.54) is 28.2 Å². The van der Waals surface area contributed by atoms with E-state index in [9.17, 15) is 9.18 Å². The minimum absolute atomic E-state index is 0.0365. The van der Waals surface area contributed by atoms with Crippen molar-refractivity contribution in [1.82, 2.24) is 4.90 Å². The molecule has 2 aromatic carbocycles. The van der Waals surface area contributed by atoms with E-state index >= 15 is 0 Å². The smallest absolute Gasteiger partial charge is 0.255 e. The lowest BCUT2D eigenvalue weighted by atomic mass is 10.1. The Labute approximate surface area is 160 Å². The van der Waals surface area contributed by atoms with Crippen LogP contribution in [0.5, 0.6) is 5.75 Å². The van der Waals surface area contributed by atoms with Gasteiger partial charge in [0.25, 0.3) is 5.91 Å². The number of hydrogen-bond donors (Lipinski definition) is 1. The second kappa shape index (κ2) is 7.37. The second-order valence-electron chi connectivity index (χ2n) is 6.88. The van der Waals surface area contributed by atoms with E-state index < -0.39 is 0 Å². The summed E-state index contributed by atoms with van der Waals surface area (Å²) in [6.45, 7) is 5.01. The van der Waals surface area contributed by atoms with E-state index in [2.05, 4.69) is 34.1 Å². The summed E-state index contributed by atoms with van der Waals surface area (Å²) >= 11 is 3.29. The van der Waals surface area contributed by atoms with Gasteiger partial charge in [-0.05, 0) is 57.9 Å². The van der Waals surface area contributed by atoms with E-state index in [1.807, 2.05) is 4.90 Å². The molecule has 1 saturated heterocycles. The first kappa shape index (κ1) is 17.5. The minimum Gasteiger partial charge on any atom is -0.493 e. The van der Waals surface area contributed by atoms with Crippen molar-refractivity contribution >= 4 is 21.8 Å². The molecular weight excluding hydrogens is 399 g/mol. The molecule has 1 fully saturated rings. The molecule has 0 saturated carbocycles. The summed E-state index contributed by atoms with van der Waals surface area (Å²) < 4.78 is 19.3. The third kappa shape index (κ3) is 3.62. The third-order valence-electron chi connectivity index (χ3n) is 5.13. The lowest BCUT2D eigenvalue weighted by Gasteiger charge is -2.32. The van der Waals surface area contributed by atoms with Crippen LogP contribution in [0, 0.1) is 5.82 Å². The number of nitrogens with one attached hydrogen (secondary N) is 1. The van der Waals surface area contributed by atoms with Crippen molar-refractivity contribution in [3.63, 3.8) is 0 Å². The number of rotatable bonds is 3. The van der Waals surface area contributed by atoms with Gasteiger partial charge in [-0.3, -0.25) is 4.79 Å². The predicted molar refractivity (Wildman–Crippen MR) is 100 cm³/mol. The number of hydrogen-bond acceptors (Lipinski definition) is 2. The van der Waals surface area contributed by atoms with Crippen molar-refractivity contribution in [2.45, 2.75) is 13.0 Å². The highest BCUT2D eigenvalue weighted by molar-refractivity contribution is 9.10. The highest BCUT2D eigenvalue weighted by Gasteiger charge is 2.26. The van der Waals surface area contributed by atoms with Crippen LogP contribution >= 0.6 is 15.9 Å². The molecule has 2 aliphatic heterocycles. The molecule has 0 aliphatic carbocycles. The summed E-state index contributed by atoms with van der Waals surface area (Å²) in [4.78, 5) is 16.0. The zero-order valence-corrected chi connectivity index (χ0v) is 16.0. The van der Waals surface area contributed by atoms with Crippen LogP contribution in [0.1, 0.15) is 21.5 Å². The van der Waals surface area contributed by atoms with Crippen LogP contribution in [0.15, 0.2) is 40.9 Å². The van der Waals surface area contributed by atoms with Gasteiger partial charge in [-0.1, -0.05) is 0 Å². The number of ether oxygens (including phenoxy) is 1. The lowest BCUT2D eigenvalue weighted by Crippen LogP contribution is -3.13. The van der Waals surface area contributed by atoms with E-state index in [-0.39, 0.29) is 11.7 Å². The standard InChI is InChI=1S/C20H20BrFN2O2/c21-18-12-16(22)2-3-17(18)20(25)24-8-6-23(7-9-24)13-14-1-4-19-15(11-14)5-10-26-19/h1-4,11-12H,5-10,13H2/p+1. The first-order valence-electron chi connectivity index (χ1n) is 8.92. The molecule has 0 radical (unpaired) electrons. The number of amides is 1. The van der Waals surface area contributed by atoms with Crippen LogP contribution < -0.4 is 9.64 Å². The molecule has 1 amide bonds. The van der Waals surface area contributed by atoms with Crippen LogP contribution in [0.2, 0.25) is 0 Å². The fourth-order valence-corrected chi connectivity index (χ4v) is 4.20. The fourth-order valence-electron chi connectivity index (χ4n) is 3.67. The monoisotopic (exact) mass is 419 g/mol. The van der Waals surface area contributed by atoms with Crippen molar-refractivity contribution in [2.24, 2.45) is 0 Å². The molecule has 0 unspecified atom stereocenters. The number of piperazine rings is 1. The molecule has 4 nitrogen and oxygen atoms in total. The lowest BCUT2D eigenvalue weighted by molar-refractivity contribution is -0.917. The average Bonchev–Trinajstić information content (AvgIpc) is 3.10. The van der Waals surface area contributed by atoms with Crippen LogP contribution in [0.4, 0.5) is 4.39 Å². The number of nitrogens with zero attached hydrogens (tertiary/aromatic N) is 1. The maximum atomic E-state index is 13.2. The van der Waals surface area contributed by atoms with Gasteiger partial charge in [0.1, 0.15) is 18.1 Å². The van der Waals surface area contributed by atoms with Gasteiger partial charge in [0.2, 0.25) is 0 Å². The van der Waals surface area contributed by atoms with Crippen LogP contribution in [-0.2, 0) is 13.0 Å². The fraction of sp³-hybridized carbons (Fsp3) is 0.350. The minimum atomic E-state index is -0.345. The van der Waals surface area contributed by atoms with Gasteiger partial charge in [-0.2, -0.15) is 0 Å². The molecule has 6 heteroatoms. The topological polar surface area (TPSA) is 34.0 Å². The van der Waals surface area contributed by atoms with Crippen molar-refractivity contribution in [2.75, 3.05) is 32.8 Å². The second-order valence-corrected chi connectivity index (χ2v) is 7.74. The van der Waals surface area contributed by atoms with Gasteiger partial charge in [-0.25, -0.2) is 4.39 Å². The Morgan fingerprint density at radius 2 is 2.00 bits per heavy atom. The molecule has 0 aromatic heterocycles. The average molecular weight is 420 g/mol. The molecule has 2 heterocycles. The third-order valence-corrected chi connectivity index (χ3v) is 5.78. The van der Waals surface area contributed by atoms with E-state index in [0.717, 1.165) is 38.4 Å². The number of halogens is 2. The number of carbonyl (C=O) groups is 1. The molecular formula is C20H21BrFN2O2+. The highest BCUT2D eigenvalue weighted by atomic mass is 79.9. The van der Waals surface area contributed by atoms with Crippen molar-refractivity contribution in [3.05, 3.63) is 63.4 Å². The zero-order valence-electron chi connectivity index (χ0n) is 14.4. The summed E-state index contributed by atoms with van der Waals surface area (Å²) in [5.41, 5.74) is 3.15. The molecule has 0 atom stereocenters. The maximum Gasteiger partial charge on any atom is 0.255 e. The Morgan fingerprint density at radius 3 is 2.77 bits per heavy atom. The molecule has 4 rings (SSSR count). The van der Waals surface area contributed by atoms with Gasteiger partial charge < -0.3 is 14.5 Å². The van der Waals surface area contributed by atoms with Crippen LogP contribution in [0.25, 0.3) is 0 Å². The Morgan fingerprint density at radius 1 is 1.19 bits per heavy atom. The molecule has 2 aliphatic rings. The van der Waals surface area contributed by atoms with Crippen molar-refractivity contribution in [3.8, 4) is 5.75 Å². The van der Waals surface area contributed by atoms with Gasteiger partial charge in [-0.15, -0.1) is 0 Å². The number of carbonyl (C=O) groups excluding carboxylic acids is 1. The molecule has 0 spiro atoms. The summed E-state index contributed by atoms with van der Waals surface area (Å²) in [5.74, 6) is 0.636. The summed E-state index contributed by atoms with van der Waals surface area (Å²) in [6, 6.07) is 10.7.